The monoisotopic (exact) mass is 276 g/mol. The van der Waals surface area contributed by atoms with Crippen LogP contribution in [-0.4, -0.2) is 31.9 Å². The van der Waals surface area contributed by atoms with Crippen LogP contribution in [0.25, 0.3) is 0 Å². The van der Waals surface area contributed by atoms with Crippen molar-refractivity contribution >= 4 is 10.0 Å². The van der Waals surface area contributed by atoms with Crippen molar-refractivity contribution in [2.24, 2.45) is 5.73 Å². The van der Waals surface area contributed by atoms with E-state index in [1.54, 1.807) is 0 Å². The molecule has 0 aromatic heterocycles. The summed E-state index contributed by atoms with van der Waals surface area (Å²) in [6.45, 7) is 0.566. The van der Waals surface area contributed by atoms with E-state index in [1.165, 1.54) is 4.31 Å². The molecule has 2 N–H and O–H groups in total. The summed E-state index contributed by atoms with van der Waals surface area (Å²) in [4.78, 5) is -0.240. The van der Waals surface area contributed by atoms with Crippen LogP contribution in [0.4, 0.5) is 8.78 Å². The van der Waals surface area contributed by atoms with Crippen molar-refractivity contribution < 1.29 is 17.2 Å². The van der Waals surface area contributed by atoms with Crippen molar-refractivity contribution in [2.75, 3.05) is 13.1 Å². The molecule has 0 aliphatic carbocycles. The van der Waals surface area contributed by atoms with Gasteiger partial charge in [-0.2, -0.15) is 4.31 Å². The lowest BCUT2D eigenvalue weighted by atomic mass is 10.1. The lowest BCUT2D eigenvalue weighted by molar-refractivity contribution is 0.316. The second-order valence-corrected chi connectivity index (χ2v) is 6.28. The van der Waals surface area contributed by atoms with Gasteiger partial charge >= 0.3 is 0 Å². The molecule has 1 aliphatic rings. The van der Waals surface area contributed by atoms with Crippen LogP contribution in [0.3, 0.4) is 0 Å². The zero-order valence-electron chi connectivity index (χ0n) is 9.64. The van der Waals surface area contributed by atoms with E-state index < -0.39 is 21.7 Å². The first kappa shape index (κ1) is 13.4. The van der Waals surface area contributed by atoms with E-state index in [9.17, 15) is 17.2 Å². The summed E-state index contributed by atoms with van der Waals surface area (Å²) in [5.74, 6) is -2.23. The van der Waals surface area contributed by atoms with Crippen molar-refractivity contribution in [3.8, 4) is 0 Å². The Hall–Kier alpha value is -1.05. The van der Waals surface area contributed by atoms with Gasteiger partial charge in [0.15, 0.2) is 11.6 Å². The first-order chi connectivity index (χ1) is 8.41. The zero-order valence-corrected chi connectivity index (χ0v) is 10.5. The molecule has 2 rings (SSSR count). The van der Waals surface area contributed by atoms with Crippen LogP contribution >= 0.6 is 0 Å². The number of nitrogens with zero attached hydrogens (tertiary/aromatic N) is 1. The molecule has 100 valence electrons. The van der Waals surface area contributed by atoms with E-state index in [2.05, 4.69) is 0 Å². The number of rotatable bonds is 2. The number of hydrogen-bond acceptors (Lipinski definition) is 3. The Morgan fingerprint density at radius 1 is 1.28 bits per heavy atom. The van der Waals surface area contributed by atoms with Gasteiger partial charge in [0.25, 0.3) is 0 Å². The number of sulfonamides is 1. The van der Waals surface area contributed by atoms with Crippen molar-refractivity contribution in [2.45, 2.75) is 23.8 Å². The molecular weight excluding hydrogens is 262 g/mol. The highest BCUT2D eigenvalue weighted by Crippen LogP contribution is 2.21. The predicted octanol–water partition coefficient (Wildman–Crippen LogP) is 1.08. The fraction of sp³-hybridized carbons (Fsp3) is 0.455. The maximum atomic E-state index is 13.1. The van der Waals surface area contributed by atoms with Gasteiger partial charge in [0.2, 0.25) is 10.0 Å². The molecule has 7 heteroatoms. The number of benzene rings is 1. The number of piperidine rings is 1. The van der Waals surface area contributed by atoms with E-state index in [0.29, 0.717) is 19.0 Å². The lowest BCUT2D eigenvalue weighted by Crippen LogP contribution is -2.45. The van der Waals surface area contributed by atoms with Gasteiger partial charge in [-0.1, -0.05) is 0 Å². The molecule has 0 radical (unpaired) electrons. The fourth-order valence-corrected chi connectivity index (χ4v) is 3.53. The second kappa shape index (κ2) is 4.91. The van der Waals surface area contributed by atoms with Gasteiger partial charge in [0.05, 0.1) is 4.90 Å². The van der Waals surface area contributed by atoms with E-state index in [1.807, 2.05) is 0 Å². The van der Waals surface area contributed by atoms with E-state index in [-0.39, 0.29) is 17.5 Å². The zero-order chi connectivity index (χ0) is 13.3. The molecule has 0 spiro atoms. The molecule has 1 fully saturated rings. The Morgan fingerprint density at radius 3 is 2.61 bits per heavy atom. The maximum Gasteiger partial charge on any atom is 0.243 e. The maximum absolute atomic E-state index is 13.1. The Morgan fingerprint density at radius 2 is 2.00 bits per heavy atom. The second-order valence-electron chi connectivity index (χ2n) is 4.34. The highest BCUT2D eigenvalue weighted by atomic mass is 32.2. The normalized spacial score (nSPS) is 22.1. The van der Waals surface area contributed by atoms with Crippen molar-refractivity contribution in [1.82, 2.24) is 4.31 Å². The molecule has 0 bridgehead atoms. The molecule has 1 unspecified atom stereocenters. The fourth-order valence-electron chi connectivity index (χ4n) is 1.98. The van der Waals surface area contributed by atoms with E-state index in [4.69, 9.17) is 5.73 Å². The molecule has 1 atom stereocenters. The summed E-state index contributed by atoms with van der Waals surface area (Å²) < 4.78 is 51.4. The third-order valence-corrected chi connectivity index (χ3v) is 4.81. The summed E-state index contributed by atoms with van der Waals surface area (Å²) in [5, 5.41) is 0. The standard InChI is InChI=1S/C11H14F2N2O2S/c12-10-4-3-9(6-11(10)13)18(16,17)15-5-1-2-8(14)7-15/h3-4,6,8H,1-2,5,7,14H2. The van der Waals surface area contributed by atoms with Crippen LogP contribution in [0.5, 0.6) is 0 Å². The average Bonchev–Trinajstić information content (AvgIpc) is 2.32. The molecule has 4 nitrogen and oxygen atoms in total. The third-order valence-electron chi connectivity index (χ3n) is 2.95. The molecule has 1 heterocycles. The summed E-state index contributed by atoms with van der Waals surface area (Å²) in [6, 6.07) is 2.36. The molecule has 0 saturated carbocycles. The minimum atomic E-state index is -3.79. The summed E-state index contributed by atoms with van der Waals surface area (Å²) in [5.41, 5.74) is 5.71. The quantitative estimate of drug-likeness (QED) is 0.879. The topological polar surface area (TPSA) is 63.4 Å². The van der Waals surface area contributed by atoms with Crippen molar-refractivity contribution in [1.29, 1.82) is 0 Å². The molecule has 1 saturated heterocycles. The minimum absolute atomic E-state index is 0.209. The Kier molecular flexibility index (Phi) is 3.65. The predicted molar refractivity (Wildman–Crippen MR) is 62.3 cm³/mol. The van der Waals surface area contributed by atoms with E-state index in [0.717, 1.165) is 18.6 Å². The minimum Gasteiger partial charge on any atom is -0.327 e. The van der Waals surface area contributed by atoms with Crippen LogP contribution in [0.15, 0.2) is 23.1 Å². The van der Waals surface area contributed by atoms with Crippen LogP contribution in [0.1, 0.15) is 12.8 Å². The van der Waals surface area contributed by atoms with Gasteiger partial charge in [-0.3, -0.25) is 0 Å². The molecule has 1 aromatic rings. The molecule has 1 aliphatic heterocycles. The van der Waals surface area contributed by atoms with E-state index >= 15 is 0 Å². The number of nitrogens with two attached hydrogens (primary N) is 1. The Bertz CT molecular complexity index is 548. The molecule has 0 amide bonds. The van der Waals surface area contributed by atoms with Gasteiger partial charge in [0, 0.05) is 19.1 Å². The van der Waals surface area contributed by atoms with Gasteiger partial charge in [0.1, 0.15) is 0 Å². The average molecular weight is 276 g/mol. The summed E-state index contributed by atoms with van der Waals surface area (Å²) in [6.07, 6.45) is 1.44. The highest BCUT2D eigenvalue weighted by Gasteiger charge is 2.29. The lowest BCUT2D eigenvalue weighted by Gasteiger charge is -2.29. The first-order valence-corrected chi connectivity index (χ1v) is 7.06. The van der Waals surface area contributed by atoms with Crippen LogP contribution in [-0.2, 0) is 10.0 Å². The van der Waals surface area contributed by atoms with Gasteiger partial charge in [-0.25, -0.2) is 17.2 Å². The van der Waals surface area contributed by atoms with Crippen LogP contribution in [0.2, 0.25) is 0 Å². The SMILES string of the molecule is NC1CCCN(S(=O)(=O)c2ccc(F)c(F)c2)C1. The van der Waals surface area contributed by atoms with Gasteiger partial charge < -0.3 is 5.73 Å². The van der Waals surface area contributed by atoms with Crippen LogP contribution < -0.4 is 5.73 Å². The molecule has 18 heavy (non-hydrogen) atoms. The number of halogens is 2. The number of hydrogen-bond donors (Lipinski definition) is 1. The first-order valence-electron chi connectivity index (χ1n) is 5.62. The van der Waals surface area contributed by atoms with Gasteiger partial charge in [-0.15, -0.1) is 0 Å². The molecular formula is C11H14F2N2O2S. The molecule has 1 aromatic carbocycles. The smallest absolute Gasteiger partial charge is 0.243 e. The van der Waals surface area contributed by atoms with Crippen molar-refractivity contribution in [3.05, 3.63) is 29.8 Å². The van der Waals surface area contributed by atoms with Crippen molar-refractivity contribution in [3.63, 3.8) is 0 Å². The summed E-state index contributed by atoms with van der Waals surface area (Å²) in [7, 11) is -3.79. The third kappa shape index (κ3) is 2.52. The Labute approximate surface area is 104 Å². The van der Waals surface area contributed by atoms with Crippen LogP contribution in [0, 0.1) is 11.6 Å². The Balaban J connectivity index is 2.32. The summed E-state index contributed by atoms with van der Waals surface area (Å²) >= 11 is 0. The van der Waals surface area contributed by atoms with Gasteiger partial charge in [-0.05, 0) is 31.0 Å². The highest BCUT2D eigenvalue weighted by molar-refractivity contribution is 7.89. The largest absolute Gasteiger partial charge is 0.327 e.